The number of amides is 2. The van der Waals surface area contributed by atoms with Crippen LogP contribution in [0.5, 0.6) is 0 Å². The van der Waals surface area contributed by atoms with Crippen LogP contribution in [0.3, 0.4) is 0 Å². The lowest BCUT2D eigenvalue weighted by molar-refractivity contribution is -0.140. The van der Waals surface area contributed by atoms with Crippen molar-refractivity contribution in [2.45, 2.75) is 44.9 Å². The quantitative estimate of drug-likeness (QED) is 0.702. The molecule has 2 N–H and O–H groups in total. The predicted molar refractivity (Wildman–Crippen MR) is 110 cm³/mol. The molecule has 32 heavy (non-hydrogen) atoms. The maximum absolute atomic E-state index is 13.8. The molecule has 0 unspecified atom stereocenters. The molecule has 1 fully saturated rings. The van der Waals surface area contributed by atoms with Crippen LogP contribution in [0.4, 0.5) is 23.2 Å². The topological polar surface area (TPSA) is 61.4 Å². The monoisotopic (exact) mass is 449 g/mol. The van der Waals surface area contributed by atoms with Crippen molar-refractivity contribution >= 4 is 17.5 Å². The van der Waals surface area contributed by atoms with E-state index in [-0.39, 0.29) is 23.9 Å². The van der Waals surface area contributed by atoms with Gasteiger partial charge in [0.15, 0.2) is 0 Å². The Morgan fingerprint density at radius 1 is 1.22 bits per heavy atom. The van der Waals surface area contributed by atoms with Crippen LogP contribution in [0, 0.1) is 12.7 Å². The lowest BCUT2D eigenvalue weighted by Crippen LogP contribution is -2.55. The van der Waals surface area contributed by atoms with Gasteiger partial charge >= 0.3 is 6.18 Å². The highest BCUT2D eigenvalue weighted by Crippen LogP contribution is 2.32. The molecule has 2 aromatic carbocycles. The van der Waals surface area contributed by atoms with E-state index in [2.05, 4.69) is 10.6 Å². The van der Waals surface area contributed by atoms with Crippen LogP contribution in [0.25, 0.3) is 0 Å². The second kappa shape index (κ2) is 8.54. The first kappa shape index (κ1) is 22.3. The minimum absolute atomic E-state index is 0.0809. The highest BCUT2D eigenvalue weighted by Gasteiger charge is 2.34. The predicted octanol–water partition coefficient (Wildman–Crippen LogP) is 3.58. The first-order chi connectivity index (χ1) is 15.1. The molecule has 2 aromatic rings. The number of nitrogens with one attached hydrogen (secondary N) is 2. The van der Waals surface area contributed by atoms with Gasteiger partial charge in [0.25, 0.3) is 0 Å². The van der Waals surface area contributed by atoms with E-state index in [0.29, 0.717) is 31.3 Å². The number of halogens is 4. The second-order valence-electron chi connectivity index (χ2n) is 8.24. The summed E-state index contributed by atoms with van der Waals surface area (Å²) >= 11 is 0. The largest absolute Gasteiger partial charge is 0.419 e. The number of carbonyl (C=O) groups excluding carboxylic acids is 2. The molecule has 0 radical (unpaired) electrons. The average molecular weight is 449 g/mol. The van der Waals surface area contributed by atoms with Crippen molar-refractivity contribution in [1.82, 2.24) is 10.2 Å². The van der Waals surface area contributed by atoms with E-state index < -0.39 is 23.5 Å². The van der Waals surface area contributed by atoms with E-state index in [4.69, 9.17) is 0 Å². The van der Waals surface area contributed by atoms with Gasteiger partial charge in [0.05, 0.1) is 18.0 Å². The summed E-state index contributed by atoms with van der Waals surface area (Å²) in [5.74, 6) is -1.77. The van der Waals surface area contributed by atoms with Crippen LogP contribution >= 0.6 is 0 Å². The van der Waals surface area contributed by atoms with Crippen molar-refractivity contribution in [2.75, 3.05) is 18.4 Å². The Morgan fingerprint density at radius 2 is 1.97 bits per heavy atom. The van der Waals surface area contributed by atoms with Crippen LogP contribution in [-0.2, 0) is 35.2 Å². The second-order valence-corrected chi connectivity index (χ2v) is 8.24. The van der Waals surface area contributed by atoms with Crippen LogP contribution in [0.15, 0.2) is 30.3 Å². The summed E-state index contributed by atoms with van der Waals surface area (Å²) in [6, 6.07) is 6.19. The van der Waals surface area contributed by atoms with Crippen molar-refractivity contribution in [3.8, 4) is 0 Å². The molecule has 2 aliphatic heterocycles. The SMILES string of the molecule is Cc1ccc2c(c1NC(=O)Cc1ccc(C(F)(F)F)c(F)c1)CCN(C(=O)[C@H]1CCN1)C2. The summed E-state index contributed by atoms with van der Waals surface area (Å²) in [6.07, 6.45) is -3.62. The highest BCUT2D eigenvalue weighted by molar-refractivity contribution is 5.94. The van der Waals surface area contributed by atoms with Gasteiger partial charge in [-0.25, -0.2) is 4.39 Å². The lowest BCUT2D eigenvalue weighted by atomic mass is 9.93. The molecule has 9 heteroatoms. The van der Waals surface area contributed by atoms with Gasteiger partial charge in [-0.3, -0.25) is 9.59 Å². The van der Waals surface area contributed by atoms with E-state index in [9.17, 15) is 27.2 Å². The number of nitrogens with zero attached hydrogens (tertiary/aromatic N) is 1. The van der Waals surface area contributed by atoms with Crippen molar-refractivity contribution in [3.63, 3.8) is 0 Å². The third-order valence-corrected chi connectivity index (χ3v) is 6.01. The molecule has 0 saturated carbocycles. The molecule has 4 rings (SSSR count). The number of rotatable bonds is 4. The molecule has 0 aromatic heterocycles. The van der Waals surface area contributed by atoms with Gasteiger partial charge in [-0.2, -0.15) is 13.2 Å². The molecule has 2 amide bonds. The van der Waals surface area contributed by atoms with Gasteiger partial charge < -0.3 is 15.5 Å². The van der Waals surface area contributed by atoms with Crippen molar-refractivity contribution < 1.29 is 27.2 Å². The van der Waals surface area contributed by atoms with Crippen molar-refractivity contribution in [2.24, 2.45) is 0 Å². The fourth-order valence-corrected chi connectivity index (χ4v) is 4.12. The number of hydrogen-bond acceptors (Lipinski definition) is 3. The van der Waals surface area contributed by atoms with Gasteiger partial charge in [-0.05, 0) is 60.7 Å². The highest BCUT2D eigenvalue weighted by atomic mass is 19.4. The summed E-state index contributed by atoms with van der Waals surface area (Å²) in [4.78, 5) is 26.9. The van der Waals surface area contributed by atoms with Gasteiger partial charge in [-0.1, -0.05) is 18.2 Å². The number of anilines is 1. The summed E-state index contributed by atoms with van der Waals surface area (Å²) in [5.41, 5.74) is 2.18. The summed E-state index contributed by atoms with van der Waals surface area (Å²) in [5, 5.41) is 5.96. The Labute approximate surface area is 182 Å². The number of hydrogen-bond donors (Lipinski definition) is 2. The summed E-state index contributed by atoms with van der Waals surface area (Å²) in [7, 11) is 0. The molecule has 2 heterocycles. The van der Waals surface area contributed by atoms with Crippen LogP contribution < -0.4 is 10.6 Å². The molecule has 0 bridgehead atoms. The Balaban J connectivity index is 1.47. The van der Waals surface area contributed by atoms with Crippen molar-refractivity contribution in [3.05, 3.63) is 64.0 Å². The van der Waals surface area contributed by atoms with Gasteiger partial charge in [0, 0.05) is 18.8 Å². The fourth-order valence-electron chi connectivity index (χ4n) is 4.12. The van der Waals surface area contributed by atoms with Crippen LogP contribution in [0.1, 0.15) is 34.2 Å². The molecule has 2 aliphatic rings. The Hall–Kier alpha value is -2.94. The zero-order valence-corrected chi connectivity index (χ0v) is 17.5. The normalized spacial score (nSPS) is 18.0. The number of benzene rings is 2. The third kappa shape index (κ3) is 4.48. The Kier molecular flexibility index (Phi) is 5.94. The third-order valence-electron chi connectivity index (χ3n) is 6.01. The zero-order chi connectivity index (χ0) is 23.0. The first-order valence-corrected chi connectivity index (χ1v) is 10.4. The molecule has 1 atom stereocenters. The molecular formula is C23H23F4N3O2. The molecule has 170 valence electrons. The molecule has 1 saturated heterocycles. The average Bonchev–Trinajstić information content (AvgIpc) is 2.67. The van der Waals surface area contributed by atoms with E-state index in [1.165, 1.54) is 0 Å². The van der Waals surface area contributed by atoms with E-state index >= 15 is 0 Å². The first-order valence-electron chi connectivity index (χ1n) is 10.4. The number of aryl methyl sites for hydroxylation is 1. The van der Waals surface area contributed by atoms with Gasteiger partial charge in [-0.15, -0.1) is 0 Å². The van der Waals surface area contributed by atoms with E-state index in [1.807, 2.05) is 24.0 Å². The van der Waals surface area contributed by atoms with Crippen LogP contribution in [0.2, 0.25) is 0 Å². The van der Waals surface area contributed by atoms with E-state index in [0.717, 1.165) is 41.8 Å². The maximum Gasteiger partial charge on any atom is 0.419 e. The molecular weight excluding hydrogens is 426 g/mol. The minimum Gasteiger partial charge on any atom is -0.337 e. The number of carbonyl (C=O) groups is 2. The number of fused-ring (bicyclic) bond motifs is 1. The summed E-state index contributed by atoms with van der Waals surface area (Å²) in [6.45, 7) is 3.70. The lowest BCUT2D eigenvalue weighted by Gasteiger charge is -2.36. The Morgan fingerprint density at radius 3 is 2.59 bits per heavy atom. The molecule has 5 nitrogen and oxygen atoms in total. The smallest absolute Gasteiger partial charge is 0.337 e. The summed E-state index contributed by atoms with van der Waals surface area (Å²) < 4.78 is 52.0. The maximum atomic E-state index is 13.8. The standard InChI is InChI=1S/C23H23F4N3O2/c1-13-2-4-15-12-30(22(32)19-6-8-28-19)9-7-16(15)21(13)29-20(31)11-14-3-5-17(18(24)10-14)23(25,26)27/h2-5,10,19,28H,6-9,11-12H2,1H3,(H,29,31)/t19-/m1/s1. The van der Waals surface area contributed by atoms with Gasteiger partial charge in [0.1, 0.15) is 5.82 Å². The van der Waals surface area contributed by atoms with E-state index in [1.54, 1.807) is 0 Å². The van der Waals surface area contributed by atoms with Gasteiger partial charge in [0.2, 0.25) is 11.8 Å². The van der Waals surface area contributed by atoms with Crippen molar-refractivity contribution in [1.29, 1.82) is 0 Å². The number of alkyl halides is 3. The molecule has 0 spiro atoms. The molecule has 0 aliphatic carbocycles. The fraction of sp³-hybridized carbons (Fsp3) is 0.391. The van der Waals surface area contributed by atoms with Crippen LogP contribution in [-0.4, -0.2) is 35.8 Å². The minimum atomic E-state index is -4.78. The Bertz CT molecular complexity index is 1060. The zero-order valence-electron chi connectivity index (χ0n) is 17.5.